The van der Waals surface area contributed by atoms with Crippen molar-refractivity contribution < 1.29 is 36.8 Å². The lowest BCUT2D eigenvalue weighted by Crippen LogP contribution is -2.10. The number of rotatable bonds is 8. The second-order valence-corrected chi connectivity index (χ2v) is 7.03. The molecule has 2 aromatic carbocycles. The molecule has 0 bridgehead atoms. The van der Waals surface area contributed by atoms with Crippen molar-refractivity contribution in [3.05, 3.63) is 61.7 Å². The maximum Gasteiger partial charge on any atom is 0.556 e. The summed E-state index contributed by atoms with van der Waals surface area (Å²) in [6.45, 7) is 3.15. The number of nitro groups is 2. The van der Waals surface area contributed by atoms with E-state index in [0.29, 0.717) is 12.1 Å². The first-order chi connectivity index (χ1) is 14.0. The minimum atomic E-state index is -4.80. The standard InChI is InChI=1S/C17H15F3N2O7P/c1-3-10-7-13(22(25)26)16(30(27)28-4-2)9-15(10)29-14-6-5-11(17(18,19)20)8-12(14)21(23)24/h5-9H,3-4H2,1-2H3/q+1. The molecule has 13 heteroatoms. The monoisotopic (exact) mass is 447 g/mol. The maximum atomic E-state index is 12.9. The molecule has 0 N–H and O–H groups in total. The number of hydrogen-bond acceptors (Lipinski definition) is 7. The Hall–Kier alpha value is -3.11. The fourth-order valence-corrected chi connectivity index (χ4v) is 3.42. The first kappa shape index (κ1) is 23.2. The van der Waals surface area contributed by atoms with Gasteiger partial charge in [-0.1, -0.05) is 6.92 Å². The Morgan fingerprint density at radius 3 is 2.13 bits per heavy atom. The summed E-state index contributed by atoms with van der Waals surface area (Å²) in [5.74, 6) is -0.627. The van der Waals surface area contributed by atoms with Crippen molar-refractivity contribution in [2.24, 2.45) is 0 Å². The largest absolute Gasteiger partial charge is 0.556 e. The van der Waals surface area contributed by atoms with Gasteiger partial charge in [-0.3, -0.25) is 20.2 Å². The van der Waals surface area contributed by atoms with E-state index in [2.05, 4.69) is 0 Å². The SMILES string of the molecule is CCO[P+](=O)c1cc(Oc2ccc(C(F)(F)F)cc2[N+](=O)[O-])c(CC)cc1[N+](=O)[O-]. The van der Waals surface area contributed by atoms with Crippen molar-refractivity contribution in [2.45, 2.75) is 26.4 Å². The highest BCUT2D eigenvalue weighted by Gasteiger charge is 2.36. The molecule has 0 aliphatic rings. The molecule has 0 fully saturated rings. The van der Waals surface area contributed by atoms with E-state index in [-0.39, 0.29) is 29.6 Å². The van der Waals surface area contributed by atoms with Crippen LogP contribution < -0.4 is 10.0 Å². The summed E-state index contributed by atoms with van der Waals surface area (Å²) in [4.78, 5) is 20.8. The Kier molecular flexibility index (Phi) is 7.06. The van der Waals surface area contributed by atoms with Gasteiger partial charge in [0.25, 0.3) is 0 Å². The third-order valence-electron chi connectivity index (χ3n) is 3.88. The fourth-order valence-electron chi connectivity index (χ4n) is 2.49. The highest BCUT2D eigenvalue weighted by molar-refractivity contribution is 7.48. The predicted molar refractivity (Wildman–Crippen MR) is 99.5 cm³/mol. The molecule has 0 amide bonds. The van der Waals surface area contributed by atoms with Crippen LogP contribution in [0.15, 0.2) is 30.3 Å². The Morgan fingerprint density at radius 2 is 1.63 bits per heavy atom. The summed E-state index contributed by atoms with van der Waals surface area (Å²) in [5.41, 5.74) is -2.43. The predicted octanol–water partition coefficient (Wildman–Crippen LogP) is 5.28. The number of aryl methyl sites for hydroxylation is 1. The van der Waals surface area contributed by atoms with Gasteiger partial charge in [-0.05, 0) is 30.0 Å². The van der Waals surface area contributed by atoms with E-state index >= 15 is 0 Å². The summed E-state index contributed by atoms with van der Waals surface area (Å²) < 4.78 is 61.2. The van der Waals surface area contributed by atoms with Gasteiger partial charge in [0.1, 0.15) is 12.4 Å². The molecule has 0 radical (unpaired) electrons. The van der Waals surface area contributed by atoms with Crippen LogP contribution in [0.5, 0.6) is 11.5 Å². The van der Waals surface area contributed by atoms with Crippen LogP contribution in [0.2, 0.25) is 0 Å². The quantitative estimate of drug-likeness (QED) is 0.306. The van der Waals surface area contributed by atoms with Crippen molar-refractivity contribution in [1.29, 1.82) is 0 Å². The van der Waals surface area contributed by atoms with E-state index in [1.165, 1.54) is 6.92 Å². The summed E-state index contributed by atoms with van der Waals surface area (Å²) in [6.07, 6.45) is -4.61. The van der Waals surface area contributed by atoms with Crippen LogP contribution in [0.4, 0.5) is 24.5 Å². The topological polar surface area (TPSA) is 122 Å². The molecule has 1 unspecified atom stereocenters. The average molecular weight is 447 g/mol. The number of nitro benzene ring substituents is 2. The number of halogens is 3. The van der Waals surface area contributed by atoms with E-state index in [1.807, 2.05) is 0 Å². The molecular weight excluding hydrogens is 432 g/mol. The molecule has 2 rings (SSSR count). The minimum absolute atomic E-state index is 0.00243. The molecule has 2 aromatic rings. The van der Waals surface area contributed by atoms with E-state index in [4.69, 9.17) is 9.26 Å². The third-order valence-corrected chi connectivity index (χ3v) is 5.13. The van der Waals surface area contributed by atoms with E-state index in [1.54, 1.807) is 6.92 Å². The lowest BCUT2D eigenvalue weighted by molar-refractivity contribution is -0.385. The van der Waals surface area contributed by atoms with E-state index in [0.717, 1.165) is 18.2 Å². The second kappa shape index (κ2) is 9.14. The normalized spacial score (nSPS) is 11.8. The molecule has 0 saturated heterocycles. The van der Waals surface area contributed by atoms with Crippen molar-refractivity contribution >= 4 is 24.7 Å². The van der Waals surface area contributed by atoms with E-state index in [9.17, 15) is 38.0 Å². The Morgan fingerprint density at radius 1 is 1.00 bits per heavy atom. The number of alkyl halides is 3. The zero-order valence-electron chi connectivity index (χ0n) is 15.6. The second-order valence-electron chi connectivity index (χ2n) is 5.77. The molecule has 0 aliphatic heterocycles. The summed E-state index contributed by atoms with van der Waals surface area (Å²) in [7, 11) is -2.63. The highest BCUT2D eigenvalue weighted by atomic mass is 31.1. The van der Waals surface area contributed by atoms with Gasteiger partial charge >= 0.3 is 30.9 Å². The zero-order valence-corrected chi connectivity index (χ0v) is 16.5. The zero-order chi connectivity index (χ0) is 22.6. The van der Waals surface area contributed by atoms with Gasteiger partial charge in [0.15, 0.2) is 0 Å². The number of hydrogen-bond donors (Lipinski definition) is 0. The smallest absolute Gasteiger partial charge is 0.450 e. The highest BCUT2D eigenvalue weighted by Crippen LogP contribution is 2.40. The minimum Gasteiger partial charge on any atom is -0.450 e. The van der Waals surface area contributed by atoms with Crippen LogP contribution in [0, 0.1) is 20.2 Å². The summed E-state index contributed by atoms with van der Waals surface area (Å²) >= 11 is 0. The van der Waals surface area contributed by atoms with Crippen LogP contribution in [-0.4, -0.2) is 16.5 Å². The van der Waals surface area contributed by atoms with Gasteiger partial charge in [0, 0.05) is 23.8 Å². The first-order valence-electron chi connectivity index (χ1n) is 8.44. The molecular formula is C17H15F3N2O7P+. The molecule has 9 nitrogen and oxygen atoms in total. The molecule has 160 valence electrons. The van der Waals surface area contributed by atoms with Gasteiger partial charge in [-0.15, -0.1) is 4.52 Å². The molecule has 0 aromatic heterocycles. The van der Waals surface area contributed by atoms with Crippen molar-refractivity contribution in [3.63, 3.8) is 0 Å². The molecule has 1 atom stereocenters. The molecule has 0 heterocycles. The number of ether oxygens (including phenoxy) is 1. The Labute approximate surface area is 168 Å². The van der Waals surface area contributed by atoms with Gasteiger partial charge in [-0.2, -0.15) is 13.2 Å². The van der Waals surface area contributed by atoms with Crippen LogP contribution in [-0.2, 0) is 21.7 Å². The van der Waals surface area contributed by atoms with Crippen LogP contribution in [0.1, 0.15) is 25.0 Å². The Bertz CT molecular complexity index is 1010. The van der Waals surface area contributed by atoms with Gasteiger partial charge in [0.2, 0.25) is 5.75 Å². The summed E-state index contributed by atoms with van der Waals surface area (Å²) in [6, 6.07) is 3.86. The van der Waals surface area contributed by atoms with Crippen LogP contribution >= 0.6 is 8.03 Å². The average Bonchev–Trinajstić information content (AvgIpc) is 2.66. The lowest BCUT2D eigenvalue weighted by Gasteiger charge is -2.12. The van der Waals surface area contributed by atoms with Gasteiger partial charge < -0.3 is 4.74 Å². The van der Waals surface area contributed by atoms with Crippen molar-refractivity contribution in [1.82, 2.24) is 0 Å². The Balaban J connectivity index is 2.62. The van der Waals surface area contributed by atoms with Crippen molar-refractivity contribution in [3.8, 4) is 11.5 Å². The van der Waals surface area contributed by atoms with Crippen LogP contribution in [0.25, 0.3) is 0 Å². The summed E-state index contributed by atoms with van der Waals surface area (Å²) in [5, 5.41) is 22.3. The number of benzene rings is 2. The first-order valence-corrected chi connectivity index (χ1v) is 9.62. The maximum absolute atomic E-state index is 12.9. The van der Waals surface area contributed by atoms with E-state index < -0.39 is 46.7 Å². The van der Waals surface area contributed by atoms with Crippen molar-refractivity contribution in [2.75, 3.05) is 6.61 Å². The molecule has 0 spiro atoms. The number of nitrogens with zero attached hydrogens (tertiary/aromatic N) is 2. The molecule has 0 aliphatic carbocycles. The molecule has 30 heavy (non-hydrogen) atoms. The van der Waals surface area contributed by atoms with Crippen LogP contribution in [0.3, 0.4) is 0 Å². The van der Waals surface area contributed by atoms with Gasteiger partial charge in [0.05, 0.1) is 15.4 Å². The molecule has 0 saturated carbocycles. The third kappa shape index (κ3) is 5.08. The van der Waals surface area contributed by atoms with Gasteiger partial charge in [-0.25, -0.2) is 0 Å². The lowest BCUT2D eigenvalue weighted by atomic mass is 10.1. The fraction of sp³-hybridized carbons (Fsp3) is 0.294.